The number of nitrogens with one attached hydrogen (secondary N) is 1. The van der Waals surface area contributed by atoms with Crippen LogP contribution in [0.15, 0.2) is 54.6 Å². The molecule has 0 spiro atoms. The predicted octanol–water partition coefficient (Wildman–Crippen LogP) is 5.95. The molecule has 2 amide bonds. The van der Waals surface area contributed by atoms with E-state index in [9.17, 15) is 19.5 Å². The Balaban J connectivity index is 1.40. The minimum Gasteiger partial charge on any atom is -0.465 e. The lowest BCUT2D eigenvalue weighted by Gasteiger charge is -2.35. The van der Waals surface area contributed by atoms with Gasteiger partial charge >= 0.3 is 6.09 Å². The lowest BCUT2D eigenvalue weighted by atomic mass is 9.81. The molecule has 3 aromatic carbocycles. The van der Waals surface area contributed by atoms with Gasteiger partial charge in [0.05, 0.1) is 11.7 Å². The number of fused-ring (bicyclic) bond motifs is 4. The third-order valence-corrected chi connectivity index (χ3v) is 7.90. The Morgan fingerprint density at radius 3 is 2.22 bits per heavy atom. The van der Waals surface area contributed by atoms with E-state index in [1.165, 1.54) is 17.9 Å². The third kappa shape index (κ3) is 3.89. The fourth-order valence-corrected chi connectivity index (χ4v) is 6.23. The minimum atomic E-state index is -1.17. The number of nitrogens with zero attached hydrogens (tertiary/aromatic N) is 1. The third-order valence-electron chi connectivity index (χ3n) is 7.90. The van der Waals surface area contributed by atoms with Crippen molar-refractivity contribution in [3.8, 4) is 11.1 Å². The van der Waals surface area contributed by atoms with Gasteiger partial charge in [-0.2, -0.15) is 0 Å². The Hall–Kier alpha value is -4.00. The molecule has 0 saturated heterocycles. The van der Waals surface area contributed by atoms with E-state index in [1.807, 2.05) is 48.5 Å². The summed E-state index contributed by atoms with van der Waals surface area (Å²) >= 11 is 0. The molecule has 3 aromatic rings. The second kappa shape index (κ2) is 8.83. The van der Waals surface area contributed by atoms with Crippen molar-refractivity contribution in [1.82, 2.24) is 4.90 Å². The van der Waals surface area contributed by atoms with Crippen molar-refractivity contribution in [2.24, 2.45) is 0 Å². The van der Waals surface area contributed by atoms with Crippen LogP contribution in [0, 0.1) is 5.82 Å². The molecule has 6 nitrogen and oxygen atoms in total. The number of hydrogen-bond donors (Lipinski definition) is 2. The van der Waals surface area contributed by atoms with Crippen molar-refractivity contribution in [2.45, 2.75) is 50.5 Å². The van der Waals surface area contributed by atoms with Crippen LogP contribution < -0.4 is 5.32 Å². The molecule has 1 fully saturated rings. The highest BCUT2D eigenvalue weighted by molar-refractivity contribution is 6.10. The molecule has 2 N–H and O–H groups in total. The molecule has 3 aliphatic carbocycles. The van der Waals surface area contributed by atoms with Gasteiger partial charge in [-0.3, -0.25) is 14.5 Å². The van der Waals surface area contributed by atoms with Crippen molar-refractivity contribution in [3.63, 3.8) is 0 Å². The average Bonchev–Trinajstić information content (AvgIpc) is 3.65. The molecule has 6 rings (SSSR count). The van der Waals surface area contributed by atoms with Crippen LogP contribution in [0.3, 0.4) is 0 Å². The van der Waals surface area contributed by atoms with E-state index < -0.39 is 23.9 Å². The molecule has 1 unspecified atom stereocenters. The van der Waals surface area contributed by atoms with Gasteiger partial charge in [-0.15, -0.1) is 0 Å². The quantitative estimate of drug-likeness (QED) is 0.455. The number of Topliss-reactive ketones (excluding diaryl/α,β-unsaturated/α-hetero) is 1. The molecular formula is C30H27FN2O4. The summed E-state index contributed by atoms with van der Waals surface area (Å²) in [6, 6.07) is 16.2. The van der Waals surface area contributed by atoms with Gasteiger partial charge in [0.25, 0.3) is 0 Å². The van der Waals surface area contributed by atoms with Crippen LogP contribution in [0.1, 0.15) is 70.6 Å². The first kappa shape index (κ1) is 23.4. The van der Waals surface area contributed by atoms with Gasteiger partial charge in [0.1, 0.15) is 5.82 Å². The van der Waals surface area contributed by atoms with Crippen LogP contribution in [-0.2, 0) is 11.2 Å². The van der Waals surface area contributed by atoms with E-state index in [-0.39, 0.29) is 41.8 Å². The number of carbonyl (C=O) groups excluding carboxylic acids is 2. The highest BCUT2D eigenvalue weighted by Crippen LogP contribution is 2.48. The number of ketones is 1. The molecule has 0 bridgehead atoms. The van der Waals surface area contributed by atoms with Gasteiger partial charge in [-0.05, 0) is 71.0 Å². The maximum absolute atomic E-state index is 15.1. The first-order valence-corrected chi connectivity index (χ1v) is 12.7. The van der Waals surface area contributed by atoms with Crippen molar-refractivity contribution in [2.75, 3.05) is 11.9 Å². The fourth-order valence-electron chi connectivity index (χ4n) is 6.23. The molecule has 0 aliphatic heterocycles. The van der Waals surface area contributed by atoms with Crippen LogP contribution in [0.4, 0.5) is 14.9 Å². The largest absolute Gasteiger partial charge is 0.465 e. The van der Waals surface area contributed by atoms with Crippen LogP contribution in [0.25, 0.3) is 11.1 Å². The maximum atomic E-state index is 15.1. The highest BCUT2D eigenvalue weighted by Gasteiger charge is 2.42. The summed E-state index contributed by atoms with van der Waals surface area (Å²) in [4.78, 5) is 39.7. The van der Waals surface area contributed by atoms with Gasteiger partial charge in [0.15, 0.2) is 5.78 Å². The normalized spacial score (nSPS) is 18.1. The monoisotopic (exact) mass is 498 g/mol. The molecule has 0 aromatic heterocycles. The van der Waals surface area contributed by atoms with Gasteiger partial charge in [0, 0.05) is 24.9 Å². The molecule has 188 valence electrons. The Labute approximate surface area is 214 Å². The van der Waals surface area contributed by atoms with E-state index in [2.05, 4.69) is 5.32 Å². The second-order valence-electron chi connectivity index (χ2n) is 10.2. The van der Waals surface area contributed by atoms with E-state index in [1.54, 1.807) is 0 Å². The predicted molar refractivity (Wildman–Crippen MR) is 138 cm³/mol. The summed E-state index contributed by atoms with van der Waals surface area (Å²) in [5.74, 6) is -1.33. The number of anilines is 1. The Morgan fingerprint density at radius 2 is 1.65 bits per heavy atom. The summed E-state index contributed by atoms with van der Waals surface area (Å²) in [6.07, 6.45) is 1.21. The van der Waals surface area contributed by atoms with Crippen LogP contribution in [-0.4, -0.2) is 40.4 Å². The van der Waals surface area contributed by atoms with E-state index in [0.717, 1.165) is 35.1 Å². The van der Waals surface area contributed by atoms with Crippen molar-refractivity contribution >= 4 is 23.5 Å². The number of carbonyl (C=O) groups is 3. The second-order valence-corrected chi connectivity index (χ2v) is 10.2. The van der Waals surface area contributed by atoms with Gasteiger partial charge in [-0.25, -0.2) is 9.18 Å². The van der Waals surface area contributed by atoms with E-state index >= 15 is 4.39 Å². The molecule has 3 aliphatic rings. The van der Waals surface area contributed by atoms with Crippen molar-refractivity contribution in [1.29, 1.82) is 0 Å². The van der Waals surface area contributed by atoms with Gasteiger partial charge in [0.2, 0.25) is 5.91 Å². The van der Waals surface area contributed by atoms with Crippen molar-refractivity contribution < 1.29 is 23.9 Å². The zero-order valence-corrected chi connectivity index (χ0v) is 20.5. The maximum Gasteiger partial charge on any atom is 0.407 e. The summed E-state index contributed by atoms with van der Waals surface area (Å²) in [7, 11) is 0. The Kier molecular flexibility index (Phi) is 5.59. The van der Waals surface area contributed by atoms with Crippen LogP contribution in [0.2, 0.25) is 0 Å². The van der Waals surface area contributed by atoms with Gasteiger partial charge in [-0.1, -0.05) is 48.5 Å². The number of hydrogen-bond acceptors (Lipinski definition) is 3. The summed E-state index contributed by atoms with van der Waals surface area (Å²) in [5.41, 5.74) is 5.78. The average molecular weight is 499 g/mol. The molecule has 1 saturated carbocycles. The van der Waals surface area contributed by atoms with E-state index in [4.69, 9.17) is 0 Å². The number of carboxylic acid groups (broad SMARTS) is 1. The molecule has 0 radical (unpaired) electrons. The fraction of sp³-hybridized carbons (Fsp3) is 0.300. The topological polar surface area (TPSA) is 86.7 Å². The molecular weight excluding hydrogens is 471 g/mol. The SMILES string of the molecule is CC(=O)Nc1cc(F)c(C2CC2)c2c1C(=O)C(N(CC1c3ccccc3-c3ccccc31)C(=O)O)CC2. The molecule has 1 atom stereocenters. The summed E-state index contributed by atoms with van der Waals surface area (Å²) in [5, 5.41) is 12.9. The van der Waals surface area contributed by atoms with E-state index in [0.29, 0.717) is 17.5 Å². The first-order chi connectivity index (χ1) is 17.8. The molecule has 37 heavy (non-hydrogen) atoms. The Morgan fingerprint density at radius 1 is 1.03 bits per heavy atom. The zero-order valence-electron chi connectivity index (χ0n) is 20.5. The van der Waals surface area contributed by atoms with Crippen LogP contribution >= 0.6 is 0 Å². The highest BCUT2D eigenvalue weighted by atomic mass is 19.1. The summed E-state index contributed by atoms with van der Waals surface area (Å²) < 4.78 is 15.1. The molecule has 0 heterocycles. The zero-order chi connectivity index (χ0) is 25.8. The summed E-state index contributed by atoms with van der Waals surface area (Å²) in [6.45, 7) is 1.43. The van der Waals surface area contributed by atoms with Crippen molar-refractivity contribution in [3.05, 3.63) is 88.2 Å². The standard InChI is InChI=1S/C30H27FN2O4/c1-16(34)32-25-14-24(31)27(17-10-11-17)22-12-13-26(29(35)28(22)25)33(30(36)37)15-23-20-8-4-2-6-18(20)19-7-3-5-9-21(19)23/h2-9,14,17,23,26H,10-13,15H2,1H3,(H,32,34)(H,36,37). The Bertz CT molecular complexity index is 1420. The number of benzene rings is 3. The lowest BCUT2D eigenvalue weighted by Crippen LogP contribution is -2.48. The molecule has 7 heteroatoms. The smallest absolute Gasteiger partial charge is 0.407 e. The number of amides is 2. The van der Waals surface area contributed by atoms with Gasteiger partial charge < -0.3 is 10.4 Å². The minimum absolute atomic E-state index is 0.0755. The first-order valence-electron chi connectivity index (χ1n) is 12.7. The number of rotatable bonds is 5. The number of halogens is 1. The lowest BCUT2D eigenvalue weighted by molar-refractivity contribution is -0.114. The van der Waals surface area contributed by atoms with Crippen LogP contribution in [0.5, 0.6) is 0 Å².